The van der Waals surface area contributed by atoms with Crippen LogP contribution in [-0.4, -0.2) is 35.6 Å². The average molecular weight is 320 g/mol. The summed E-state index contributed by atoms with van der Waals surface area (Å²) in [4.78, 5) is 33.1. The first-order valence-corrected chi connectivity index (χ1v) is 7.15. The lowest BCUT2D eigenvalue weighted by molar-refractivity contribution is -0.138. The molecule has 0 radical (unpaired) electrons. The van der Waals surface area contributed by atoms with Crippen molar-refractivity contribution < 1.29 is 24.2 Å². The lowest BCUT2D eigenvalue weighted by Crippen LogP contribution is -2.30. The first-order valence-electron chi connectivity index (χ1n) is 7.15. The number of hydrogen-bond acceptors (Lipinski definition) is 5. The standard InChI is InChI=1S/C16H20N2O5/c1-2-23-15(20)10-5-11-3-6-12(7-4-11)18-13(16(21)22)8-9-14(17)19/h3-7,10,13,18H,2,8-9H2,1H3,(H2,17,19)(H,21,22)/t13-/m0/s1. The van der Waals surface area contributed by atoms with Crippen LogP contribution in [0.25, 0.3) is 6.08 Å². The van der Waals surface area contributed by atoms with Crippen LogP contribution in [0.4, 0.5) is 5.69 Å². The molecule has 0 unspecified atom stereocenters. The van der Waals surface area contributed by atoms with Gasteiger partial charge in [0.15, 0.2) is 0 Å². The van der Waals surface area contributed by atoms with Gasteiger partial charge in [-0.25, -0.2) is 9.59 Å². The highest BCUT2D eigenvalue weighted by Gasteiger charge is 2.17. The van der Waals surface area contributed by atoms with Crippen LogP contribution in [0.15, 0.2) is 30.3 Å². The molecule has 124 valence electrons. The van der Waals surface area contributed by atoms with Crippen LogP contribution in [-0.2, 0) is 19.1 Å². The van der Waals surface area contributed by atoms with Crippen LogP contribution in [0.3, 0.4) is 0 Å². The van der Waals surface area contributed by atoms with Crippen LogP contribution < -0.4 is 11.1 Å². The van der Waals surface area contributed by atoms with Gasteiger partial charge in [-0.15, -0.1) is 0 Å². The Kier molecular flexibility index (Phi) is 7.32. The van der Waals surface area contributed by atoms with Gasteiger partial charge in [0.05, 0.1) is 6.61 Å². The van der Waals surface area contributed by atoms with Crippen LogP contribution in [0, 0.1) is 0 Å². The predicted molar refractivity (Wildman–Crippen MR) is 85.6 cm³/mol. The van der Waals surface area contributed by atoms with Gasteiger partial charge in [-0.3, -0.25) is 4.79 Å². The number of ether oxygens (including phenoxy) is 1. The number of esters is 1. The quantitative estimate of drug-likeness (QED) is 0.467. The molecule has 7 nitrogen and oxygen atoms in total. The molecular formula is C16H20N2O5. The number of hydrogen-bond donors (Lipinski definition) is 3. The van der Waals surface area contributed by atoms with Gasteiger partial charge in [0.2, 0.25) is 5.91 Å². The summed E-state index contributed by atoms with van der Waals surface area (Å²) in [6.07, 6.45) is 3.02. The van der Waals surface area contributed by atoms with Crippen molar-refractivity contribution in [2.45, 2.75) is 25.8 Å². The van der Waals surface area contributed by atoms with E-state index in [2.05, 4.69) is 5.32 Å². The Morgan fingerprint density at radius 1 is 1.30 bits per heavy atom. The highest BCUT2D eigenvalue weighted by molar-refractivity contribution is 5.87. The van der Waals surface area contributed by atoms with Crippen molar-refractivity contribution in [1.29, 1.82) is 0 Å². The van der Waals surface area contributed by atoms with Gasteiger partial charge in [-0.05, 0) is 37.1 Å². The van der Waals surface area contributed by atoms with Crippen molar-refractivity contribution in [1.82, 2.24) is 0 Å². The molecule has 0 spiro atoms. The predicted octanol–water partition coefficient (Wildman–Crippen LogP) is 1.39. The third kappa shape index (κ3) is 7.12. The number of carbonyl (C=O) groups excluding carboxylic acids is 2. The highest BCUT2D eigenvalue weighted by atomic mass is 16.5. The zero-order valence-electron chi connectivity index (χ0n) is 12.8. The second-order valence-corrected chi connectivity index (χ2v) is 4.75. The molecule has 0 aliphatic carbocycles. The molecule has 0 aromatic heterocycles. The Hall–Kier alpha value is -2.83. The number of nitrogens with one attached hydrogen (secondary N) is 1. The molecule has 0 saturated heterocycles. The average Bonchev–Trinajstić information content (AvgIpc) is 2.50. The summed E-state index contributed by atoms with van der Waals surface area (Å²) in [5.41, 5.74) is 6.39. The monoisotopic (exact) mass is 320 g/mol. The minimum Gasteiger partial charge on any atom is -0.480 e. The van der Waals surface area contributed by atoms with Gasteiger partial charge in [0, 0.05) is 18.2 Å². The molecular weight excluding hydrogens is 300 g/mol. The number of carboxylic acids is 1. The summed E-state index contributed by atoms with van der Waals surface area (Å²) in [6, 6.07) is 5.93. The number of carboxylic acid groups (broad SMARTS) is 1. The number of rotatable bonds is 9. The highest BCUT2D eigenvalue weighted by Crippen LogP contribution is 2.14. The van der Waals surface area contributed by atoms with E-state index in [0.29, 0.717) is 12.3 Å². The van der Waals surface area contributed by atoms with Crippen LogP contribution >= 0.6 is 0 Å². The van der Waals surface area contributed by atoms with Gasteiger partial charge < -0.3 is 20.9 Å². The van der Waals surface area contributed by atoms with Gasteiger partial charge in [0.25, 0.3) is 0 Å². The van der Waals surface area contributed by atoms with E-state index in [0.717, 1.165) is 5.56 Å². The Morgan fingerprint density at radius 2 is 1.96 bits per heavy atom. The van der Waals surface area contributed by atoms with E-state index in [-0.39, 0.29) is 12.8 Å². The van der Waals surface area contributed by atoms with E-state index in [9.17, 15) is 14.4 Å². The zero-order chi connectivity index (χ0) is 17.2. The largest absolute Gasteiger partial charge is 0.480 e. The third-order valence-electron chi connectivity index (χ3n) is 2.93. The number of amides is 1. The lowest BCUT2D eigenvalue weighted by Gasteiger charge is -2.15. The van der Waals surface area contributed by atoms with Crippen molar-refractivity contribution in [3.63, 3.8) is 0 Å². The maximum Gasteiger partial charge on any atom is 0.330 e. The Bertz CT molecular complexity index is 581. The van der Waals surface area contributed by atoms with Crippen molar-refractivity contribution in [3.05, 3.63) is 35.9 Å². The van der Waals surface area contributed by atoms with Crippen LogP contribution in [0.5, 0.6) is 0 Å². The molecule has 7 heteroatoms. The molecule has 1 aromatic carbocycles. The minimum atomic E-state index is -1.06. The number of nitrogens with two attached hydrogens (primary N) is 1. The summed E-state index contributed by atoms with van der Waals surface area (Å²) in [5, 5.41) is 11.9. The van der Waals surface area contributed by atoms with Crippen molar-refractivity contribution in [2.75, 3.05) is 11.9 Å². The fraction of sp³-hybridized carbons (Fsp3) is 0.312. The smallest absolute Gasteiger partial charge is 0.330 e. The molecule has 1 rings (SSSR count). The molecule has 4 N–H and O–H groups in total. The first kappa shape index (κ1) is 18.2. The molecule has 0 bridgehead atoms. The molecule has 1 amide bonds. The summed E-state index contributed by atoms with van der Waals surface area (Å²) < 4.78 is 4.77. The van der Waals surface area contributed by atoms with E-state index in [4.69, 9.17) is 15.6 Å². The van der Waals surface area contributed by atoms with Crippen LogP contribution in [0.1, 0.15) is 25.3 Å². The van der Waals surface area contributed by atoms with E-state index in [1.165, 1.54) is 6.08 Å². The summed E-state index contributed by atoms with van der Waals surface area (Å²) in [7, 11) is 0. The fourth-order valence-electron chi connectivity index (χ4n) is 1.79. The SMILES string of the molecule is CCOC(=O)C=Cc1ccc(N[C@@H](CCC(N)=O)C(=O)O)cc1. The van der Waals surface area contributed by atoms with Crippen LogP contribution in [0.2, 0.25) is 0 Å². The molecule has 23 heavy (non-hydrogen) atoms. The Labute approximate surface area is 134 Å². The van der Waals surface area contributed by atoms with Gasteiger partial charge >= 0.3 is 11.9 Å². The van der Waals surface area contributed by atoms with E-state index < -0.39 is 23.9 Å². The van der Waals surface area contributed by atoms with Crippen molar-refractivity contribution >= 4 is 29.6 Å². The second kappa shape index (κ2) is 9.24. The van der Waals surface area contributed by atoms with Gasteiger partial charge in [-0.1, -0.05) is 12.1 Å². The van der Waals surface area contributed by atoms with Crippen molar-refractivity contribution in [3.8, 4) is 0 Å². The molecule has 0 saturated carbocycles. The first-order chi connectivity index (χ1) is 10.9. The molecule has 1 aromatic rings. The van der Waals surface area contributed by atoms with E-state index in [1.54, 1.807) is 37.3 Å². The van der Waals surface area contributed by atoms with Gasteiger partial charge in [0.1, 0.15) is 6.04 Å². The Balaban J connectivity index is 2.66. The molecule has 1 atom stereocenters. The summed E-state index contributed by atoms with van der Waals surface area (Å²) in [5.74, 6) is -2.03. The van der Waals surface area contributed by atoms with Gasteiger partial charge in [-0.2, -0.15) is 0 Å². The maximum atomic E-state index is 11.2. The van der Waals surface area contributed by atoms with Crippen molar-refractivity contribution in [2.24, 2.45) is 5.73 Å². The van der Waals surface area contributed by atoms with E-state index >= 15 is 0 Å². The zero-order valence-corrected chi connectivity index (χ0v) is 12.8. The summed E-state index contributed by atoms with van der Waals surface area (Å²) in [6.45, 7) is 2.04. The molecule has 0 heterocycles. The topological polar surface area (TPSA) is 119 Å². The Morgan fingerprint density at radius 3 is 2.48 bits per heavy atom. The summed E-state index contributed by atoms with van der Waals surface area (Å²) >= 11 is 0. The molecule has 0 aliphatic rings. The van der Waals surface area contributed by atoms with E-state index in [1.807, 2.05) is 0 Å². The third-order valence-corrected chi connectivity index (χ3v) is 2.93. The molecule has 0 fully saturated rings. The molecule has 0 aliphatic heterocycles. The number of anilines is 1. The fourth-order valence-corrected chi connectivity index (χ4v) is 1.79. The number of carbonyl (C=O) groups is 3. The lowest BCUT2D eigenvalue weighted by atomic mass is 10.1. The minimum absolute atomic E-state index is 0.00960. The maximum absolute atomic E-state index is 11.2. The number of aliphatic carboxylic acids is 1. The number of benzene rings is 1. The number of primary amides is 1. The normalized spacial score (nSPS) is 11.9. The second-order valence-electron chi connectivity index (χ2n) is 4.75.